The first-order valence-electron chi connectivity index (χ1n) is 6.97. The molecule has 3 rings (SSSR count). The number of anilines is 1. The van der Waals surface area contributed by atoms with Crippen LogP contribution in [0.2, 0.25) is 0 Å². The van der Waals surface area contributed by atoms with E-state index in [0.29, 0.717) is 11.3 Å². The number of fused-ring (bicyclic) bond motifs is 1. The molecular weight excluding hydrogens is 297 g/mol. The lowest BCUT2D eigenvalue weighted by Crippen LogP contribution is -2.08. The minimum atomic E-state index is -0.481. The number of carbonyl (C=O) groups excluding carboxylic acids is 1. The van der Waals surface area contributed by atoms with E-state index in [2.05, 4.69) is 5.32 Å². The lowest BCUT2D eigenvalue weighted by Gasteiger charge is -2.02. The van der Waals surface area contributed by atoms with Gasteiger partial charge in [0.2, 0.25) is 5.91 Å². The highest BCUT2D eigenvalue weighted by Gasteiger charge is 2.05. The van der Waals surface area contributed by atoms with Gasteiger partial charge >= 0.3 is 0 Å². The third-order valence-electron chi connectivity index (χ3n) is 3.27. The first-order chi connectivity index (χ1) is 11.2. The summed E-state index contributed by atoms with van der Waals surface area (Å²) in [6.45, 7) is 0. The maximum absolute atomic E-state index is 13.5. The minimum Gasteiger partial charge on any atom is -0.497 e. The number of nitrogens with one attached hydrogen (secondary N) is 1. The molecule has 0 fully saturated rings. The van der Waals surface area contributed by atoms with Gasteiger partial charge in [0.05, 0.1) is 12.8 Å². The molecule has 5 heteroatoms. The zero-order valence-corrected chi connectivity index (χ0v) is 12.4. The van der Waals surface area contributed by atoms with Crippen LogP contribution in [0, 0.1) is 5.82 Å². The first-order valence-corrected chi connectivity index (χ1v) is 6.97. The van der Waals surface area contributed by atoms with Crippen LogP contribution < -0.4 is 10.1 Å². The van der Waals surface area contributed by atoms with Crippen LogP contribution in [0.3, 0.4) is 0 Å². The van der Waals surface area contributed by atoms with Gasteiger partial charge in [-0.1, -0.05) is 12.1 Å². The summed E-state index contributed by atoms with van der Waals surface area (Å²) in [5.41, 5.74) is 0.830. The summed E-state index contributed by atoms with van der Waals surface area (Å²) in [6.07, 6.45) is 2.82. The van der Waals surface area contributed by atoms with E-state index in [-0.39, 0.29) is 5.69 Å². The molecular formula is C18H14FNO3. The van der Waals surface area contributed by atoms with Gasteiger partial charge in [0.1, 0.15) is 22.9 Å². The van der Waals surface area contributed by atoms with E-state index >= 15 is 0 Å². The predicted molar refractivity (Wildman–Crippen MR) is 86.8 cm³/mol. The quantitative estimate of drug-likeness (QED) is 0.733. The zero-order valence-electron chi connectivity index (χ0n) is 12.4. The van der Waals surface area contributed by atoms with Crippen molar-refractivity contribution in [1.82, 2.24) is 0 Å². The first kappa shape index (κ1) is 14.8. The van der Waals surface area contributed by atoms with Crippen molar-refractivity contribution in [2.75, 3.05) is 12.4 Å². The van der Waals surface area contributed by atoms with Crippen molar-refractivity contribution in [2.24, 2.45) is 0 Å². The standard InChI is InChI=1S/C18H14FNO3/c1-22-13-6-8-17-12(10-13)11-14(23-17)7-9-18(21)20-16-5-3-2-4-15(16)19/h2-11H,1H3,(H,20,21)/b9-7+. The van der Waals surface area contributed by atoms with Crippen LogP contribution in [-0.2, 0) is 4.79 Å². The van der Waals surface area contributed by atoms with Gasteiger partial charge in [-0.3, -0.25) is 4.79 Å². The van der Waals surface area contributed by atoms with Crippen LogP contribution in [0.1, 0.15) is 5.76 Å². The lowest BCUT2D eigenvalue weighted by molar-refractivity contribution is -0.111. The molecule has 0 radical (unpaired) electrons. The molecule has 0 saturated carbocycles. The van der Waals surface area contributed by atoms with Gasteiger partial charge < -0.3 is 14.5 Å². The molecule has 4 nitrogen and oxygen atoms in total. The number of hydrogen-bond donors (Lipinski definition) is 1. The van der Waals surface area contributed by atoms with Crippen LogP contribution in [0.15, 0.2) is 59.0 Å². The second kappa shape index (κ2) is 6.36. The largest absolute Gasteiger partial charge is 0.497 e. The fourth-order valence-electron chi connectivity index (χ4n) is 2.15. The summed E-state index contributed by atoms with van der Waals surface area (Å²) in [5, 5.41) is 3.34. The molecule has 1 amide bonds. The van der Waals surface area contributed by atoms with Gasteiger partial charge in [0.25, 0.3) is 0 Å². The molecule has 0 bridgehead atoms. The maximum Gasteiger partial charge on any atom is 0.248 e. The number of carbonyl (C=O) groups is 1. The molecule has 0 saturated heterocycles. The van der Waals surface area contributed by atoms with Crippen LogP contribution in [-0.4, -0.2) is 13.0 Å². The van der Waals surface area contributed by atoms with Crippen LogP contribution in [0.5, 0.6) is 5.75 Å². The third-order valence-corrected chi connectivity index (χ3v) is 3.27. The molecule has 0 atom stereocenters. The van der Waals surface area contributed by atoms with Gasteiger partial charge in [-0.2, -0.15) is 0 Å². The van der Waals surface area contributed by atoms with Crippen LogP contribution >= 0.6 is 0 Å². The average molecular weight is 311 g/mol. The molecule has 0 spiro atoms. The monoisotopic (exact) mass is 311 g/mol. The zero-order chi connectivity index (χ0) is 16.2. The summed E-state index contributed by atoms with van der Waals surface area (Å²) in [6, 6.07) is 13.2. The molecule has 1 N–H and O–H groups in total. The Labute approximate surface area is 132 Å². The van der Waals surface area contributed by atoms with Gasteiger partial charge in [-0.05, 0) is 42.5 Å². The van der Waals surface area contributed by atoms with Crippen molar-refractivity contribution in [3.8, 4) is 5.75 Å². The summed E-state index contributed by atoms with van der Waals surface area (Å²) >= 11 is 0. The van der Waals surface area contributed by atoms with E-state index in [1.54, 1.807) is 37.4 Å². The van der Waals surface area contributed by atoms with Gasteiger partial charge in [-0.25, -0.2) is 4.39 Å². The van der Waals surface area contributed by atoms with Crippen molar-refractivity contribution in [2.45, 2.75) is 0 Å². The number of rotatable bonds is 4. The molecule has 3 aromatic rings. The van der Waals surface area contributed by atoms with Crippen molar-refractivity contribution in [3.05, 3.63) is 66.2 Å². The second-order valence-electron chi connectivity index (χ2n) is 4.85. The van der Waals surface area contributed by atoms with Crippen molar-refractivity contribution < 1.29 is 18.3 Å². The third kappa shape index (κ3) is 3.40. The highest BCUT2D eigenvalue weighted by molar-refractivity contribution is 6.02. The average Bonchev–Trinajstić information content (AvgIpc) is 2.97. The number of benzene rings is 2. The Kier molecular flexibility index (Phi) is 4.10. The van der Waals surface area contributed by atoms with E-state index < -0.39 is 11.7 Å². The molecule has 1 aromatic heterocycles. The molecule has 2 aromatic carbocycles. The predicted octanol–water partition coefficient (Wildman–Crippen LogP) is 4.23. The number of ether oxygens (including phenoxy) is 1. The lowest BCUT2D eigenvalue weighted by atomic mass is 10.2. The topological polar surface area (TPSA) is 51.5 Å². The van der Waals surface area contributed by atoms with E-state index in [1.165, 1.54) is 24.3 Å². The number of halogens is 1. The Hall–Kier alpha value is -3.08. The normalized spacial score (nSPS) is 11.0. The summed E-state index contributed by atoms with van der Waals surface area (Å²) < 4.78 is 24.2. The van der Waals surface area contributed by atoms with E-state index in [4.69, 9.17) is 9.15 Å². The Morgan fingerprint density at radius 3 is 2.83 bits per heavy atom. The Morgan fingerprint density at radius 2 is 2.04 bits per heavy atom. The van der Waals surface area contributed by atoms with Crippen LogP contribution in [0.25, 0.3) is 17.0 Å². The van der Waals surface area contributed by atoms with Crippen LogP contribution in [0.4, 0.5) is 10.1 Å². The Morgan fingerprint density at radius 1 is 1.22 bits per heavy atom. The van der Waals surface area contributed by atoms with E-state index in [0.717, 1.165) is 11.1 Å². The molecule has 116 valence electrons. The molecule has 1 heterocycles. The molecule has 0 aliphatic rings. The molecule has 0 aliphatic heterocycles. The Balaban J connectivity index is 1.74. The number of furan rings is 1. The maximum atomic E-state index is 13.5. The van der Waals surface area contributed by atoms with E-state index in [9.17, 15) is 9.18 Å². The van der Waals surface area contributed by atoms with Gasteiger partial charge in [0, 0.05) is 11.5 Å². The molecule has 23 heavy (non-hydrogen) atoms. The highest BCUT2D eigenvalue weighted by Crippen LogP contribution is 2.24. The molecule has 0 unspecified atom stereocenters. The SMILES string of the molecule is COc1ccc2oc(/C=C/C(=O)Nc3ccccc3F)cc2c1. The number of hydrogen-bond acceptors (Lipinski definition) is 3. The van der Waals surface area contributed by atoms with Gasteiger partial charge in [-0.15, -0.1) is 0 Å². The van der Waals surface area contributed by atoms with Crippen molar-refractivity contribution >= 4 is 28.6 Å². The fraction of sp³-hybridized carbons (Fsp3) is 0.0556. The fourth-order valence-corrected chi connectivity index (χ4v) is 2.15. The number of para-hydroxylation sites is 1. The van der Waals surface area contributed by atoms with Crippen molar-refractivity contribution in [1.29, 1.82) is 0 Å². The summed E-state index contributed by atoms with van der Waals surface area (Å²) in [7, 11) is 1.59. The number of methoxy groups -OCH3 is 1. The molecule has 0 aliphatic carbocycles. The summed E-state index contributed by atoms with van der Waals surface area (Å²) in [4.78, 5) is 11.8. The van der Waals surface area contributed by atoms with Gasteiger partial charge in [0.15, 0.2) is 0 Å². The minimum absolute atomic E-state index is 0.136. The van der Waals surface area contributed by atoms with E-state index in [1.807, 2.05) is 6.07 Å². The Bertz CT molecular complexity index is 883. The number of amides is 1. The van der Waals surface area contributed by atoms with Crippen molar-refractivity contribution in [3.63, 3.8) is 0 Å². The highest BCUT2D eigenvalue weighted by atomic mass is 19.1. The second-order valence-corrected chi connectivity index (χ2v) is 4.85. The smallest absolute Gasteiger partial charge is 0.248 e. The summed E-state index contributed by atoms with van der Waals surface area (Å²) in [5.74, 6) is 0.335.